The summed E-state index contributed by atoms with van der Waals surface area (Å²) in [5, 5.41) is 3.03. The molecule has 0 heterocycles. The molecule has 3 heteroatoms. The molecule has 3 nitrogen and oxygen atoms in total. The van der Waals surface area contributed by atoms with Gasteiger partial charge in [0.2, 0.25) is 0 Å². The van der Waals surface area contributed by atoms with Crippen molar-refractivity contribution in [2.24, 2.45) is 11.8 Å². The summed E-state index contributed by atoms with van der Waals surface area (Å²) in [7, 11) is 0. The second-order valence-electron chi connectivity index (χ2n) is 6.61. The first-order chi connectivity index (χ1) is 7.94. The molecule has 0 aromatic carbocycles. The Morgan fingerprint density at radius 3 is 2.53 bits per heavy atom. The lowest BCUT2D eigenvalue weighted by atomic mass is 9.79. The van der Waals surface area contributed by atoms with E-state index in [0.29, 0.717) is 6.04 Å². The van der Waals surface area contributed by atoms with Gasteiger partial charge in [0.1, 0.15) is 5.60 Å². The number of alkyl carbamates (subject to hydrolysis) is 1. The summed E-state index contributed by atoms with van der Waals surface area (Å²) in [6.07, 6.45) is 7.46. The Morgan fingerprint density at radius 2 is 1.82 bits per heavy atom. The number of fused-ring (bicyclic) bond motifs is 1. The van der Waals surface area contributed by atoms with E-state index in [4.69, 9.17) is 4.74 Å². The van der Waals surface area contributed by atoms with E-state index in [0.717, 1.165) is 24.7 Å². The van der Waals surface area contributed by atoms with E-state index in [-0.39, 0.29) is 6.09 Å². The highest BCUT2D eigenvalue weighted by atomic mass is 16.6. The zero-order valence-electron chi connectivity index (χ0n) is 11.3. The van der Waals surface area contributed by atoms with Gasteiger partial charge in [-0.1, -0.05) is 19.3 Å². The molecule has 2 rings (SSSR count). The van der Waals surface area contributed by atoms with Crippen molar-refractivity contribution >= 4 is 6.09 Å². The van der Waals surface area contributed by atoms with Crippen LogP contribution in [0.5, 0.6) is 0 Å². The van der Waals surface area contributed by atoms with E-state index in [2.05, 4.69) is 5.32 Å². The van der Waals surface area contributed by atoms with Gasteiger partial charge in [0.05, 0.1) is 0 Å². The number of nitrogens with one attached hydrogen (secondary N) is 1. The average molecular weight is 239 g/mol. The van der Waals surface area contributed by atoms with Crippen LogP contribution in [0, 0.1) is 11.8 Å². The fraction of sp³-hybridized carbons (Fsp3) is 0.929. The molecule has 0 aliphatic heterocycles. The normalized spacial score (nSPS) is 33.0. The summed E-state index contributed by atoms with van der Waals surface area (Å²) in [6.45, 7) is 5.71. The molecule has 98 valence electrons. The highest BCUT2D eigenvalue weighted by molar-refractivity contribution is 5.68. The minimum Gasteiger partial charge on any atom is -0.444 e. The average Bonchev–Trinajstić information content (AvgIpc) is 2.61. The highest BCUT2D eigenvalue weighted by Gasteiger charge is 2.34. The summed E-state index contributed by atoms with van der Waals surface area (Å²) in [6, 6.07) is 0.337. The summed E-state index contributed by atoms with van der Waals surface area (Å²) in [5.41, 5.74) is -0.394. The van der Waals surface area contributed by atoms with E-state index in [1.165, 1.54) is 25.7 Å². The number of ether oxygens (including phenoxy) is 1. The molecule has 0 aromatic heterocycles. The lowest BCUT2D eigenvalue weighted by molar-refractivity contribution is 0.0476. The van der Waals surface area contributed by atoms with E-state index in [1.54, 1.807) is 0 Å². The van der Waals surface area contributed by atoms with Gasteiger partial charge in [-0.05, 0) is 51.9 Å². The van der Waals surface area contributed by atoms with E-state index in [9.17, 15) is 4.79 Å². The lowest BCUT2D eigenvalue weighted by Gasteiger charge is -2.32. The van der Waals surface area contributed by atoms with Crippen LogP contribution in [-0.4, -0.2) is 17.7 Å². The molecular weight excluding hydrogens is 214 g/mol. The van der Waals surface area contributed by atoms with Crippen LogP contribution in [0.2, 0.25) is 0 Å². The first kappa shape index (κ1) is 12.7. The molecule has 2 aliphatic rings. The van der Waals surface area contributed by atoms with Gasteiger partial charge in [0.15, 0.2) is 0 Å². The van der Waals surface area contributed by atoms with E-state index >= 15 is 0 Å². The van der Waals surface area contributed by atoms with Gasteiger partial charge < -0.3 is 10.1 Å². The van der Waals surface area contributed by atoms with Crippen LogP contribution in [0.3, 0.4) is 0 Å². The Kier molecular flexibility index (Phi) is 3.64. The molecule has 0 saturated heterocycles. The molecule has 1 amide bonds. The minimum atomic E-state index is -0.394. The molecule has 3 unspecified atom stereocenters. The van der Waals surface area contributed by atoms with Gasteiger partial charge in [-0.3, -0.25) is 0 Å². The lowest BCUT2D eigenvalue weighted by Crippen LogP contribution is -2.42. The third kappa shape index (κ3) is 3.62. The molecular formula is C14H25NO2. The van der Waals surface area contributed by atoms with Gasteiger partial charge in [-0.25, -0.2) is 4.79 Å². The third-order valence-electron chi connectivity index (χ3n) is 4.01. The van der Waals surface area contributed by atoms with Crippen LogP contribution in [0.1, 0.15) is 59.3 Å². The smallest absolute Gasteiger partial charge is 0.407 e. The second kappa shape index (κ2) is 4.87. The largest absolute Gasteiger partial charge is 0.444 e. The first-order valence-corrected chi connectivity index (χ1v) is 6.93. The highest BCUT2D eigenvalue weighted by Crippen LogP contribution is 2.42. The number of hydrogen-bond acceptors (Lipinski definition) is 2. The Bertz CT molecular complexity index is 282. The van der Waals surface area contributed by atoms with Gasteiger partial charge in [0, 0.05) is 6.04 Å². The molecule has 1 N–H and O–H groups in total. The molecule has 2 aliphatic carbocycles. The predicted molar refractivity (Wildman–Crippen MR) is 67.8 cm³/mol. The van der Waals surface area contributed by atoms with Crippen LogP contribution in [-0.2, 0) is 4.74 Å². The number of amides is 1. The van der Waals surface area contributed by atoms with Crippen molar-refractivity contribution < 1.29 is 9.53 Å². The second-order valence-corrected chi connectivity index (χ2v) is 6.61. The Morgan fingerprint density at radius 1 is 1.12 bits per heavy atom. The van der Waals surface area contributed by atoms with Gasteiger partial charge in [-0.15, -0.1) is 0 Å². The van der Waals surface area contributed by atoms with Crippen molar-refractivity contribution in [3.63, 3.8) is 0 Å². The Labute approximate surface area is 104 Å². The number of hydrogen-bond donors (Lipinski definition) is 1. The Hall–Kier alpha value is -0.730. The minimum absolute atomic E-state index is 0.251. The first-order valence-electron chi connectivity index (χ1n) is 6.93. The maximum absolute atomic E-state index is 11.7. The van der Waals surface area contributed by atoms with Crippen LogP contribution >= 0.6 is 0 Å². The van der Waals surface area contributed by atoms with Gasteiger partial charge in [-0.2, -0.15) is 0 Å². The predicted octanol–water partition coefficient (Wildman–Crippen LogP) is 3.48. The quantitative estimate of drug-likeness (QED) is 0.760. The standard InChI is InChI=1S/C14H25NO2/c1-14(2,3)17-13(16)15-12-8-7-10-5-4-6-11(10)9-12/h10-12H,4-9H2,1-3H3,(H,15,16). The summed E-state index contributed by atoms with van der Waals surface area (Å²) >= 11 is 0. The van der Waals surface area contributed by atoms with Crippen LogP contribution < -0.4 is 5.32 Å². The van der Waals surface area contributed by atoms with Crippen molar-refractivity contribution in [2.75, 3.05) is 0 Å². The maximum Gasteiger partial charge on any atom is 0.407 e. The SMILES string of the molecule is CC(C)(C)OC(=O)NC1CCC2CCCC2C1. The van der Waals surface area contributed by atoms with Crippen LogP contribution in [0.25, 0.3) is 0 Å². The fourth-order valence-corrected chi connectivity index (χ4v) is 3.31. The van der Waals surface area contributed by atoms with E-state index < -0.39 is 5.60 Å². The summed E-state index contributed by atoms with van der Waals surface area (Å²) in [4.78, 5) is 11.7. The number of carbonyl (C=O) groups excluding carboxylic acids is 1. The molecule has 2 saturated carbocycles. The van der Waals surface area contributed by atoms with Crippen LogP contribution in [0.4, 0.5) is 4.79 Å². The molecule has 17 heavy (non-hydrogen) atoms. The van der Waals surface area contributed by atoms with Crippen molar-refractivity contribution in [1.82, 2.24) is 5.32 Å². The molecule has 2 fully saturated rings. The monoisotopic (exact) mass is 239 g/mol. The van der Waals surface area contributed by atoms with Gasteiger partial charge in [0.25, 0.3) is 0 Å². The van der Waals surface area contributed by atoms with Crippen molar-refractivity contribution in [2.45, 2.75) is 70.9 Å². The van der Waals surface area contributed by atoms with Crippen LogP contribution in [0.15, 0.2) is 0 Å². The molecule has 0 bridgehead atoms. The van der Waals surface area contributed by atoms with Crippen molar-refractivity contribution in [1.29, 1.82) is 0 Å². The summed E-state index contributed by atoms with van der Waals surface area (Å²) < 4.78 is 5.30. The van der Waals surface area contributed by atoms with E-state index in [1.807, 2.05) is 20.8 Å². The third-order valence-corrected chi connectivity index (χ3v) is 4.01. The molecule has 3 atom stereocenters. The zero-order chi connectivity index (χ0) is 12.5. The van der Waals surface area contributed by atoms with Gasteiger partial charge >= 0.3 is 6.09 Å². The Balaban J connectivity index is 1.78. The molecule has 0 aromatic rings. The molecule has 0 spiro atoms. The number of rotatable bonds is 1. The number of carbonyl (C=O) groups is 1. The van der Waals surface area contributed by atoms with Crippen molar-refractivity contribution in [3.05, 3.63) is 0 Å². The molecule has 0 radical (unpaired) electrons. The topological polar surface area (TPSA) is 38.3 Å². The maximum atomic E-state index is 11.7. The zero-order valence-corrected chi connectivity index (χ0v) is 11.3. The fourth-order valence-electron chi connectivity index (χ4n) is 3.31. The summed E-state index contributed by atoms with van der Waals surface area (Å²) in [5.74, 6) is 1.79. The van der Waals surface area contributed by atoms with Crippen molar-refractivity contribution in [3.8, 4) is 0 Å².